The molecule has 0 aliphatic carbocycles. The molecule has 0 spiro atoms. The Hall–Kier alpha value is -0.260. The van der Waals surface area contributed by atoms with Crippen LogP contribution in [0.5, 0.6) is 0 Å². The molecule has 0 saturated carbocycles. The minimum absolute atomic E-state index is 0.00182. The second-order valence-corrected chi connectivity index (χ2v) is 3.77. The third-order valence-electron chi connectivity index (χ3n) is 1.38. The molecule has 1 aromatic rings. The van der Waals surface area contributed by atoms with Crippen LogP contribution in [0.25, 0.3) is 0 Å². The third kappa shape index (κ3) is 2.40. The number of carbonyl (C=O) groups is 1. The maximum Gasteiger partial charge on any atom is 0.271 e. The molecular weight excluding hydrogens is 303 g/mol. The van der Waals surface area contributed by atoms with Crippen LogP contribution in [0.4, 0.5) is 8.78 Å². The van der Waals surface area contributed by atoms with E-state index in [-0.39, 0.29) is 9.63 Å². The van der Waals surface area contributed by atoms with Crippen molar-refractivity contribution in [1.29, 1.82) is 0 Å². The summed E-state index contributed by atoms with van der Waals surface area (Å²) in [4.78, 5) is 14.3. The van der Waals surface area contributed by atoms with E-state index in [1.165, 1.54) is 0 Å². The van der Waals surface area contributed by atoms with E-state index in [0.717, 1.165) is 6.07 Å². The van der Waals surface area contributed by atoms with E-state index in [4.69, 9.17) is 23.2 Å². The molecule has 0 atom stereocenters. The Bertz CT molecular complexity index is 386. The van der Waals surface area contributed by atoms with Crippen molar-refractivity contribution in [2.24, 2.45) is 0 Å². The number of halogens is 5. The number of carbonyl (C=O) groups excluding carboxylic acids is 1. The van der Waals surface area contributed by atoms with E-state index >= 15 is 0 Å². The molecule has 76 valence electrons. The summed E-state index contributed by atoms with van der Waals surface area (Å²) in [6, 6.07) is 0.957. The molecule has 1 heterocycles. The van der Waals surface area contributed by atoms with Crippen LogP contribution in [0.1, 0.15) is 22.5 Å². The van der Waals surface area contributed by atoms with Crippen LogP contribution < -0.4 is 0 Å². The second-order valence-electron chi connectivity index (χ2n) is 2.27. The van der Waals surface area contributed by atoms with Crippen LogP contribution in [-0.4, -0.2) is 10.2 Å². The fraction of sp³-hybridized carbons (Fsp3) is 0.143. The standard InChI is InChI=1S/C7H2BrCl2F2NO/c8-5-3(9)1-2(7(11)12)4(13-5)6(10)14/h1,7H. The Morgan fingerprint density at radius 1 is 1.57 bits per heavy atom. The third-order valence-corrected chi connectivity index (χ3v) is 2.68. The van der Waals surface area contributed by atoms with Gasteiger partial charge in [0.15, 0.2) is 0 Å². The molecule has 0 radical (unpaired) electrons. The van der Waals surface area contributed by atoms with Gasteiger partial charge in [-0.2, -0.15) is 0 Å². The van der Waals surface area contributed by atoms with Gasteiger partial charge < -0.3 is 0 Å². The van der Waals surface area contributed by atoms with Gasteiger partial charge in [0.1, 0.15) is 10.3 Å². The zero-order valence-electron chi connectivity index (χ0n) is 6.40. The minimum atomic E-state index is -2.84. The van der Waals surface area contributed by atoms with Gasteiger partial charge in [-0.25, -0.2) is 13.8 Å². The molecule has 1 aromatic heterocycles. The Morgan fingerprint density at radius 3 is 2.57 bits per heavy atom. The number of hydrogen-bond donors (Lipinski definition) is 0. The first-order valence-electron chi connectivity index (χ1n) is 3.27. The Balaban J connectivity index is 3.39. The van der Waals surface area contributed by atoms with Crippen LogP contribution in [0, 0.1) is 0 Å². The maximum absolute atomic E-state index is 12.4. The lowest BCUT2D eigenvalue weighted by Crippen LogP contribution is -2.02. The molecule has 0 aromatic carbocycles. The lowest BCUT2D eigenvalue weighted by Gasteiger charge is -2.05. The van der Waals surface area contributed by atoms with Crippen molar-refractivity contribution < 1.29 is 13.6 Å². The van der Waals surface area contributed by atoms with E-state index in [2.05, 4.69) is 20.9 Å². The van der Waals surface area contributed by atoms with Crippen LogP contribution in [0.2, 0.25) is 5.02 Å². The lowest BCUT2D eigenvalue weighted by atomic mass is 10.2. The Kier molecular flexibility index (Phi) is 3.80. The molecule has 0 bridgehead atoms. The van der Waals surface area contributed by atoms with Gasteiger partial charge in [0.25, 0.3) is 11.7 Å². The molecule has 0 amide bonds. The van der Waals surface area contributed by atoms with Crippen molar-refractivity contribution in [3.05, 3.63) is 26.9 Å². The van der Waals surface area contributed by atoms with Crippen molar-refractivity contribution in [3.63, 3.8) is 0 Å². The summed E-state index contributed by atoms with van der Waals surface area (Å²) >= 11 is 13.5. The van der Waals surface area contributed by atoms with Gasteiger partial charge in [-0.15, -0.1) is 0 Å². The average molecular weight is 305 g/mol. The van der Waals surface area contributed by atoms with Crippen LogP contribution in [-0.2, 0) is 0 Å². The normalized spacial score (nSPS) is 10.7. The molecule has 7 heteroatoms. The molecule has 0 N–H and O–H groups in total. The summed E-state index contributed by atoms with van der Waals surface area (Å²) in [5.74, 6) is 0. The fourth-order valence-corrected chi connectivity index (χ4v) is 1.41. The molecule has 1 rings (SSSR count). The topological polar surface area (TPSA) is 30.0 Å². The summed E-state index contributed by atoms with van der Waals surface area (Å²) in [5, 5.41) is -1.04. The highest BCUT2D eigenvalue weighted by Crippen LogP contribution is 2.29. The second kappa shape index (κ2) is 4.51. The van der Waals surface area contributed by atoms with Gasteiger partial charge in [0.05, 0.1) is 5.02 Å². The van der Waals surface area contributed by atoms with Gasteiger partial charge in [0.2, 0.25) is 0 Å². The fourth-order valence-electron chi connectivity index (χ4n) is 0.804. The van der Waals surface area contributed by atoms with Crippen molar-refractivity contribution in [1.82, 2.24) is 4.98 Å². The predicted octanol–water partition coefficient (Wildman–Crippen LogP) is 3.81. The van der Waals surface area contributed by atoms with Gasteiger partial charge in [-0.3, -0.25) is 4.79 Å². The van der Waals surface area contributed by atoms with Crippen molar-refractivity contribution in [2.75, 3.05) is 0 Å². The predicted molar refractivity (Wildman–Crippen MR) is 52.1 cm³/mol. The van der Waals surface area contributed by atoms with Gasteiger partial charge in [-0.1, -0.05) is 11.6 Å². The molecule has 0 saturated heterocycles. The number of rotatable bonds is 2. The highest BCUT2D eigenvalue weighted by molar-refractivity contribution is 9.10. The van der Waals surface area contributed by atoms with Gasteiger partial charge >= 0.3 is 0 Å². The summed E-state index contributed by atoms with van der Waals surface area (Å²) in [6.45, 7) is 0. The van der Waals surface area contributed by atoms with E-state index < -0.39 is 22.9 Å². The molecule has 2 nitrogen and oxygen atoms in total. The number of hydrogen-bond acceptors (Lipinski definition) is 2. The molecule has 0 aliphatic rings. The van der Waals surface area contributed by atoms with Gasteiger partial charge in [-0.05, 0) is 33.6 Å². The van der Waals surface area contributed by atoms with Crippen LogP contribution in [0.3, 0.4) is 0 Å². The van der Waals surface area contributed by atoms with E-state index in [9.17, 15) is 13.6 Å². The monoisotopic (exact) mass is 303 g/mol. The lowest BCUT2D eigenvalue weighted by molar-refractivity contribution is 0.106. The van der Waals surface area contributed by atoms with E-state index in [1.807, 2.05) is 0 Å². The molecule has 0 aliphatic heterocycles. The number of alkyl halides is 2. The summed E-state index contributed by atoms with van der Waals surface area (Å²) in [7, 11) is 0. The molecule has 14 heavy (non-hydrogen) atoms. The highest BCUT2D eigenvalue weighted by atomic mass is 79.9. The maximum atomic E-state index is 12.4. The number of aromatic nitrogens is 1. The molecular formula is C7H2BrCl2F2NO. The smallest absolute Gasteiger partial charge is 0.271 e. The zero-order valence-corrected chi connectivity index (χ0v) is 9.50. The minimum Gasteiger partial charge on any atom is -0.274 e. The van der Waals surface area contributed by atoms with Crippen LogP contribution in [0.15, 0.2) is 10.7 Å². The quantitative estimate of drug-likeness (QED) is 0.614. The van der Waals surface area contributed by atoms with Crippen molar-refractivity contribution in [3.8, 4) is 0 Å². The van der Waals surface area contributed by atoms with E-state index in [1.54, 1.807) is 0 Å². The Labute approximate surface area is 96.3 Å². The molecule has 0 unspecified atom stereocenters. The number of pyridine rings is 1. The summed E-state index contributed by atoms with van der Waals surface area (Å²) < 4.78 is 24.9. The first kappa shape index (κ1) is 11.8. The highest BCUT2D eigenvalue weighted by Gasteiger charge is 2.20. The van der Waals surface area contributed by atoms with Crippen molar-refractivity contribution >= 4 is 44.4 Å². The molecule has 0 fully saturated rings. The van der Waals surface area contributed by atoms with E-state index in [0.29, 0.717) is 0 Å². The number of nitrogens with zero attached hydrogens (tertiary/aromatic N) is 1. The summed E-state index contributed by atoms with van der Waals surface area (Å²) in [6.07, 6.45) is -2.84. The SMILES string of the molecule is O=C(Cl)c1nc(Br)c(Cl)cc1C(F)F. The zero-order chi connectivity index (χ0) is 10.9. The van der Waals surface area contributed by atoms with Crippen molar-refractivity contribution in [2.45, 2.75) is 6.43 Å². The largest absolute Gasteiger partial charge is 0.274 e. The Morgan fingerprint density at radius 2 is 2.14 bits per heavy atom. The first-order valence-corrected chi connectivity index (χ1v) is 4.82. The van der Waals surface area contributed by atoms with Crippen LogP contribution >= 0.6 is 39.1 Å². The summed E-state index contributed by atoms with van der Waals surface area (Å²) in [5.41, 5.74) is -1.06. The first-order chi connectivity index (χ1) is 6.43. The average Bonchev–Trinajstić information content (AvgIpc) is 2.08. The van der Waals surface area contributed by atoms with Gasteiger partial charge in [0, 0.05) is 5.56 Å².